The largest absolute Gasteiger partial charge is 0.487 e. The lowest BCUT2D eigenvalue weighted by Crippen LogP contribution is -2.38. The van der Waals surface area contributed by atoms with Crippen LogP contribution in [0.1, 0.15) is 53.5 Å². The predicted molar refractivity (Wildman–Crippen MR) is 222 cm³/mol. The highest BCUT2D eigenvalue weighted by Crippen LogP contribution is 2.35. The van der Waals surface area contributed by atoms with E-state index in [4.69, 9.17) is 43.6 Å². The normalized spacial score (nSPS) is 13.9. The van der Waals surface area contributed by atoms with Crippen LogP contribution in [0.4, 0.5) is 0 Å². The molecule has 0 atom stereocenters. The molecule has 0 spiro atoms. The van der Waals surface area contributed by atoms with Gasteiger partial charge in [0.1, 0.15) is 23.9 Å². The van der Waals surface area contributed by atoms with Crippen molar-refractivity contribution in [2.45, 2.75) is 59.8 Å². The molecule has 15 nitrogen and oxygen atoms in total. The lowest BCUT2D eigenvalue weighted by atomic mass is 9.95. The van der Waals surface area contributed by atoms with Crippen molar-refractivity contribution in [3.05, 3.63) is 92.2 Å². The fourth-order valence-corrected chi connectivity index (χ4v) is 6.43. The monoisotopic (exact) mass is 809 g/mol. The Hall–Kier alpha value is -4.19. The summed E-state index contributed by atoms with van der Waals surface area (Å²) in [6.45, 7) is 15.9. The number of nitrogens with one attached hydrogen (secondary N) is 2. The number of nitrogens with two attached hydrogens (primary N) is 1. The number of aryl methyl sites for hydroxylation is 4. The summed E-state index contributed by atoms with van der Waals surface area (Å²) in [6.07, 6.45) is 10.6. The van der Waals surface area contributed by atoms with Crippen molar-refractivity contribution in [3.8, 4) is 17.2 Å². The number of hydrazine groups is 2. The molecule has 1 aliphatic heterocycles. The average molecular weight is 810 g/mol. The Morgan fingerprint density at radius 3 is 1.76 bits per heavy atom. The van der Waals surface area contributed by atoms with Gasteiger partial charge in [0, 0.05) is 24.5 Å². The smallest absolute Gasteiger partial charge is 0.290 e. The van der Waals surface area contributed by atoms with Crippen LogP contribution in [0.25, 0.3) is 0 Å². The summed E-state index contributed by atoms with van der Waals surface area (Å²) < 4.78 is 46.1. The Morgan fingerprint density at radius 1 is 0.707 bits per heavy atom. The molecule has 1 heterocycles. The van der Waals surface area contributed by atoms with Crippen molar-refractivity contribution in [2.24, 2.45) is 10.9 Å². The number of carbonyl (C=O) groups excluding carboxylic acids is 1. The van der Waals surface area contributed by atoms with Crippen LogP contribution in [0.2, 0.25) is 0 Å². The first-order valence-corrected chi connectivity index (χ1v) is 20.2. The molecule has 0 radical (unpaired) electrons. The zero-order chi connectivity index (χ0) is 41.4. The molecule has 4 rings (SSSR count). The van der Waals surface area contributed by atoms with E-state index in [1.54, 1.807) is 0 Å². The molecule has 0 fully saturated rings. The second kappa shape index (κ2) is 26.7. The van der Waals surface area contributed by atoms with Gasteiger partial charge < -0.3 is 49.1 Å². The number of ether oxygens (including phenoxy) is 8. The van der Waals surface area contributed by atoms with Gasteiger partial charge in [-0.05, 0) is 93.3 Å². The van der Waals surface area contributed by atoms with Crippen molar-refractivity contribution in [3.63, 3.8) is 0 Å². The maximum Gasteiger partial charge on any atom is 0.290 e. The van der Waals surface area contributed by atoms with Gasteiger partial charge in [-0.1, -0.05) is 35.4 Å². The van der Waals surface area contributed by atoms with Crippen LogP contribution in [0, 0.1) is 32.6 Å². The fourth-order valence-electron chi connectivity index (χ4n) is 6.43. The molecule has 0 unspecified atom stereocenters. The number of rotatable bonds is 30. The van der Waals surface area contributed by atoms with Crippen LogP contribution in [-0.4, -0.2) is 110 Å². The van der Waals surface area contributed by atoms with Crippen LogP contribution in [0.3, 0.4) is 0 Å². The van der Waals surface area contributed by atoms with Crippen molar-refractivity contribution < 1.29 is 42.7 Å². The van der Waals surface area contributed by atoms with E-state index in [1.807, 2.05) is 63.2 Å². The zero-order valence-electron chi connectivity index (χ0n) is 34.7. The second-order valence-corrected chi connectivity index (χ2v) is 14.2. The van der Waals surface area contributed by atoms with E-state index in [0.29, 0.717) is 104 Å². The molecule has 1 aliphatic carbocycles. The topological polar surface area (TPSA) is 174 Å². The first-order chi connectivity index (χ1) is 28.2. The van der Waals surface area contributed by atoms with E-state index < -0.39 is 5.91 Å². The minimum atomic E-state index is -0.699. The Bertz CT molecular complexity index is 1630. The summed E-state index contributed by atoms with van der Waals surface area (Å²) >= 11 is 0. The van der Waals surface area contributed by atoms with Gasteiger partial charge in [0.2, 0.25) is 0 Å². The molecule has 0 saturated carbocycles. The third kappa shape index (κ3) is 17.3. The Balaban J connectivity index is 0.945. The summed E-state index contributed by atoms with van der Waals surface area (Å²) in [5.41, 5.74) is 20.0. The standard InChI is InChI=1S/C43H63N5O10/c1-32-24-38(28-41(49)46-50)25-33(2)43(32)58-40-26-34(3)42(35(4)27-40)57-31-39-30-48(47-45-39)11-13-52-15-17-54-19-21-56-23-22-55-20-18-53-16-14-51-12-5-6-36-7-9-37(29-44)10-8-36/h7,9,24-27,30,45,47H,5-6,8,10-23,28-29,31,44H2,1-4H3. The van der Waals surface area contributed by atoms with Gasteiger partial charge in [0.05, 0.1) is 91.3 Å². The number of allylic oxidation sites excluding steroid dienone is 3. The number of benzene rings is 2. The predicted octanol–water partition coefficient (Wildman–Crippen LogP) is 5.58. The van der Waals surface area contributed by atoms with Crippen molar-refractivity contribution >= 4 is 5.91 Å². The first-order valence-electron chi connectivity index (χ1n) is 20.2. The van der Waals surface area contributed by atoms with E-state index in [2.05, 4.69) is 28.3 Å². The van der Waals surface area contributed by atoms with Crippen LogP contribution in [0.15, 0.2) is 64.6 Å². The molecular formula is C43H63N5O10. The average Bonchev–Trinajstić information content (AvgIpc) is 3.67. The lowest BCUT2D eigenvalue weighted by Gasteiger charge is -2.17. The molecule has 2 aromatic carbocycles. The lowest BCUT2D eigenvalue weighted by molar-refractivity contribution is -0.117. The molecular weight excluding hydrogens is 746 g/mol. The SMILES string of the molecule is Cc1cc(Oc2c(C)cc(CC(=O)N=O)cc2C)cc(C)c1OCC1=CN(CCOCCOCCOCCOCCOCCOCCCC2=CC=C(CN)CC2)NN1. The molecule has 0 bridgehead atoms. The molecule has 15 heteroatoms. The van der Waals surface area contributed by atoms with E-state index >= 15 is 0 Å². The molecule has 2 aliphatic rings. The van der Waals surface area contributed by atoms with Gasteiger partial charge in [-0.2, -0.15) is 0 Å². The molecule has 320 valence electrons. The minimum absolute atomic E-state index is 0.0290. The summed E-state index contributed by atoms with van der Waals surface area (Å²) in [4.78, 5) is 22.0. The molecule has 1 amide bonds. The van der Waals surface area contributed by atoms with Crippen molar-refractivity contribution in [1.82, 2.24) is 16.0 Å². The van der Waals surface area contributed by atoms with Gasteiger partial charge in [0.15, 0.2) is 0 Å². The first kappa shape index (κ1) is 46.5. The van der Waals surface area contributed by atoms with Gasteiger partial charge in [0.25, 0.3) is 5.91 Å². The minimum Gasteiger partial charge on any atom is -0.487 e. The van der Waals surface area contributed by atoms with Gasteiger partial charge in [-0.15, -0.1) is 10.4 Å². The van der Waals surface area contributed by atoms with E-state index in [1.165, 1.54) is 11.1 Å². The van der Waals surface area contributed by atoms with Gasteiger partial charge >= 0.3 is 0 Å². The third-order valence-electron chi connectivity index (χ3n) is 9.38. The highest BCUT2D eigenvalue weighted by Gasteiger charge is 2.16. The molecule has 58 heavy (non-hydrogen) atoms. The van der Waals surface area contributed by atoms with Crippen LogP contribution >= 0.6 is 0 Å². The van der Waals surface area contributed by atoms with E-state index in [-0.39, 0.29) is 6.42 Å². The maximum absolute atomic E-state index is 11.5. The number of nitroso groups, excluding NO2 is 1. The van der Waals surface area contributed by atoms with E-state index in [9.17, 15) is 9.70 Å². The molecule has 0 saturated heterocycles. The summed E-state index contributed by atoms with van der Waals surface area (Å²) in [7, 11) is 0. The van der Waals surface area contributed by atoms with E-state index in [0.717, 1.165) is 71.6 Å². The molecule has 4 N–H and O–H groups in total. The number of amides is 1. The van der Waals surface area contributed by atoms with Crippen LogP contribution in [-0.2, 0) is 39.6 Å². The van der Waals surface area contributed by atoms with Gasteiger partial charge in [-0.3, -0.25) is 9.80 Å². The van der Waals surface area contributed by atoms with Crippen LogP contribution < -0.4 is 26.2 Å². The molecule has 0 aromatic heterocycles. The number of carbonyl (C=O) groups is 1. The Morgan fingerprint density at radius 2 is 1.22 bits per heavy atom. The summed E-state index contributed by atoms with van der Waals surface area (Å²) in [5.74, 6) is 1.48. The third-order valence-corrected chi connectivity index (χ3v) is 9.38. The second-order valence-electron chi connectivity index (χ2n) is 14.2. The Kier molecular flexibility index (Phi) is 21.4. The Labute approximate surface area is 343 Å². The summed E-state index contributed by atoms with van der Waals surface area (Å²) in [5, 5.41) is 4.40. The zero-order valence-corrected chi connectivity index (χ0v) is 34.7. The number of hydrogen-bond donors (Lipinski definition) is 3. The van der Waals surface area contributed by atoms with Crippen molar-refractivity contribution in [1.29, 1.82) is 0 Å². The summed E-state index contributed by atoms with van der Waals surface area (Å²) in [6, 6.07) is 7.56. The number of nitrogens with zero attached hydrogens (tertiary/aromatic N) is 2. The maximum atomic E-state index is 11.5. The highest BCUT2D eigenvalue weighted by atomic mass is 16.6. The highest BCUT2D eigenvalue weighted by molar-refractivity contribution is 5.79. The fraction of sp³-hybridized carbons (Fsp3) is 0.558. The van der Waals surface area contributed by atoms with Crippen LogP contribution in [0.5, 0.6) is 17.2 Å². The molecule has 2 aromatic rings. The number of hydrogen-bond acceptors (Lipinski definition) is 14. The van der Waals surface area contributed by atoms with Gasteiger partial charge in [-0.25, -0.2) is 0 Å². The quantitative estimate of drug-likeness (QED) is 0.0660. The van der Waals surface area contributed by atoms with Crippen molar-refractivity contribution in [2.75, 3.05) is 99.0 Å².